The number of benzene rings is 1. The molecule has 2 amide bonds. The van der Waals surface area contributed by atoms with Crippen LogP contribution >= 0.6 is 0 Å². The van der Waals surface area contributed by atoms with Crippen LogP contribution in [-0.4, -0.2) is 36.1 Å². The van der Waals surface area contributed by atoms with Gasteiger partial charge in [-0.15, -0.1) is 0 Å². The fourth-order valence-corrected chi connectivity index (χ4v) is 2.98. The number of carbonyl (C=O) groups excluding carboxylic acids is 2. The van der Waals surface area contributed by atoms with Crippen LogP contribution < -0.4 is 10.2 Å². The van der Waals surface area contributed by atoms with E-state index < -0.39 is 0 Å². The molecule has 22 heavy (non-hydrogen) atoms. The van der Waals surface area contributed by atoms with Crippen molar-refractivity contribution in [2.45, 2.75) is 31.7 Å². The van der Waals surface area contributed by atoms with Crippen molar-refractivity contribution >= 4 is 17.5 Å². The number of methoxy groups -OCH3 is 1. The van der Waals surface area contributed by atoms with Gasteiger partial charge < -0.3 is 9.64 Å². The van der Waals surface area contributed by atoms with Gasteiger partial charge in [0.1, 0.15) is 11.5 Å². The van der Waals surface area contributed by atoms with Gasteiger partial charge >= 0.3 is 0 Å². The molecule has 0 bridgehead atoms. The number of nitrogens with one attached hydrogen (secondary N) is 1. The molecule has 1 atom stereocenters. The maximum Gasteiger partial charge on any atom is 0.270 e. The van der Waals surface area contributed by atoms with Gasteiger partial charge in [-0.05, 0) is 30.5 Å². The molecule has 0 spiro atoms. The highest BCUT2D eigenvalue weighted by Gasteiger charge is 2.33. The van der Waals surface area contributed by atoms with Gasteiger partial charge in [0, 0.05) is 19.4 Å². The summed E-state index contributed by atoms with van der Waals surface area (Å²) in [6.07, 6.45) is 2.65. The molecule has 2 aliphatic rings. The van der Waals surface area contributed by atoms with Gasteiger partial charge in [0.2, 0.25) is 5.91 Å². The predicted molar refractivity (Wildman–Crippen MR) is 81.5 cm³/mol. The number of hydrazone groups is 1. The monoisotopic (exact) mass is 301 g/mol. The van der Waals surface area contributed by atoms with Crippen molar-refractivity contribution in [1.29, 1.82) is 0 Å². The topological polar surface area (TPSA) is 71.0 Å². The first-order valence-corrected chi connectivity index (χ1v) is 7.49. The second kappa shape index (κ2) is 6.17. The SMILES string of the molecule is COc1ccc(C2CCCN2C(=O)C2=NNC(=O)CC2)cc1. The Hall–Kier alpha value is -2.37. The van der Waals surface area contributed by atoms with Crippen molar-refractivity contribution in [1.82, 2.24) is 10.3 Å². The first-order chi connectivity index (χ1) is 10.7. The van der Waals surface area contributed by atoms with E-state index in [1.807, 2.05) is 29.2 Å². The maximum atomic E-state index is 12.6. The molecule has 116 valence electrons. The third-order valence-corrected chi connectivity index (χ3v) is 4.17. The molecule has 2 aliphatic heterocycles. The zero-order chi connectivity index (χ0) is 15.5. The van der Waals surface area contributed by atoms with E-state index in [2.05, 4.69) is 10.5 Å². The van der Waals surface area contributed by atoms with E-state index in [1.54, 1.807) is 7.11 Å². The van der Waals surface area contributed by atoms with Crippen LogP contribution in [0.4, 0.5) is 0 Å². The minimum Gasteiger partial charge on any atom is -0.497 e. The molecule has 1 aromatic rings. The zero-order valence-corrected chi connectivity index (χ0v) is 12.5. The Morgan fingerprint density at radius 3 is 2.73 bits per heavy atom. The van der Waals surface area contributed by atoms with Gasteiger partial charge in [-0.25, -0.2) is 5.43 Å². The third kappa shape index (κ3) is 2.81. The summed E-state index contributed by atoms with van der Waals surface area (Å²) >= 11 is 0. The fraction of sp³-hybridized carbons (Fsp3) is 0.438. The summed E-state index contributed by atoms with van der Waals surface area (Å²) in [6.45, 7) is 0.725. The van der Waals surface area contributed by atoms with Gasteiger partial charge in [-0.1, -0.05) is 12.1 Å². The largest absolute Gasteiger partial charge is 0.497 e. The second-order valence-corrected chi connectivity index (χ2v) is 5.52. The van der Waals surface area contributed by atoms with E-state index in [1.165, 1.54) is 0 Å². The van der Waals surface area contributed by atoms with Crippen LogP contribution in [0.25, 0.3) is 0 Å². The van der Waals surface area contributed by atoms with Gasteiger partial charge in [0.15, 0.2) is 0 Å². The Labute approximate surface area is 129 Å². The molecular weight excluding hydrogens is 282 g/mol. The van der Waals surface area contributed by atoms with E-state index in [0.29, 0.717) is 18.6 Å². The van der Waals surface area contributed by atoms with Crippen molar-refractivity contribution in [2.75, 3.05) is 13.7 Å². The summed E-state index contributed by atoms with van der Waals surface area (Å²) in [5.74, 6) is 0.599. The number of hydrogen-bond acceptors (Lipinski definition) is 4. The van der Waals surface area contributed by atoms with Crippen LogP contribution in [-0.2, 0) is 9.59 Å². The van der Waals surface area contributed by atoms with Crippen LogP contribution in [0, 0.1) is 0 Å². The molecule has 6 nitrogen and oxygen atoms in total. The van der Waals surface area contributed by atoms with Crippen molar-refractivity contribution in [3.8, 4) is 5.75 Å². The number of ether oxygens (including phenoxy) is 1. The first-order valence-electron chi connectivity index (χ1n) is 7.49. The number of carbonyl (C=O) groups is 2. The van der Waals surface area contributed by atoms with E-state index >= 15 is 0 Å². The standard InChI is InChI=1S/C16H19N3O3/c1-22-12-6-4-11(5-7-12)14-3-2-10-19(14)16(21)13-8-9-15(20)18-17-13/h4-7,14H,2-3,8-10H2,1H3,(H,18,20). The van der Waals surface area contributed by atoms with Gasteiger partial charge in [-0.3, -0.25) is 9.59 Å². The van der Waals surface area contributed by atoms with Crippen LogP contribution in [0.2, 0.25) is 0 Å². The summed E-state index contributed by atoms with van der Waals surface area (Å²) in [4.78, 5) is 25.6. The lowest BCUT2D eigenvalue weighted by Gasteiger charge is -2.26. The van der Waals surface area contributed by atoms with Crippen LogP contribution in [0.5, 0.6) is 5.75 Å². The number of likely N-dealkylation sites (tertiary alicyclic amines) is 1. The Bertz CT molecular complexity index is 610. The zero-order valence-electron chi connectivity index (χ0n) is 12.5. The molecule has 1 fully saturated rings. The molecule has 0 aliphatic carbocycles. The third-order valence-electron chi connectivity index (χ3n) is 4.17. The van der Waals surface area contributed by atoms with Crippen molar-refractivity contribution in [2.24, 2.45) is 5.10 Å². The highest BCUT2D eigenvalue weighted by atomic mass is 16.5. The van der Waals surface area contributed by atoms with Gasteiger partial charge in [0.25, 0.3) is 5.91 Å². The number of nitrogens with zero attached hydrogens (tertiary/aromatic N) is 2. The van der Waals surface area contributed by atoms with Gasteiger partial charge in [-0.2, -0.15) is 5.10 Å². The highest BCUT2D eigenvalue weighted by Crippen LogP contribution is 2.33. The molecule has 1 aromatic carbocycles. The Morgan fingerprint density at radius 2 is 2.09 bits per heavy atom. The molecule has 0 saturated carbocycles. The lowest BCUT2D eigenvalue weighted by molar-refractivity contribution is -0.125. The van der Waals surface area contributed by atoms with E-state index in [-0.39, 0.29) is 17.9 Å². The lowest BCUT2D eigenvalue weighted by Crippen LogP contribution is -2.39. The molecular formula is C16H19N3O3. The van der Waals surface area contributed by atoms with E-state index in [9.17, 15) is 9.59 Å². The minimum absolute atomic E-state index is 0.0683. The average Bonchev–Trinajstić information content (AvgIpc) is 3.04. The molecule has 0 radical (unpaired) electrons. The fourth-order valence-electron chi connectivity index (χ4n) is 2.98. The summed E-state index contributed by atoms with van der Waals surface area (Å²) in [5.41, 5.74) is 3.94. The summed E-state index contributed by atoms with van der Waals surface area (Å²) in [5, 5.41) is 3.92. The van der Waals surface area contributed by atoms with E-state index in [0.717, 1.165) is 30.7 Å². The Kier molecular flexibility index (Phi) is 4.09. The van der Waals surface area contributed by atoms with Crippen molar-refractivity contribution in [3.63, 3.8) is 0 Å². The molecule has 6 heteroatoms. The highest BCUT2D eigenvalue weighted by molar-refractivity contribution is 6.39. The molecule has 0 aromatic heterocycles. The molecule has 1 saturated heterocycles. The molecule has 3 rings (SSSR count). The van der Waals surface area contributed by atoms with Crippen molar-refractivity contribution < 1.29 is 14.3 Å². The maximum absolute atomic E-state index is 12.6. The van der Waals surface area contributed by atoms with Crippen LogP contribution in [0.15, 0.2) is 29.4 Å². The predicted octanol–water partition coefficient (Wildman–Crippen LogP) is 1.62. The number of hydrogen-bond donors (Lipinski definition) is 1. The Balaban J connectivity index is 1.77. The lowest BCUT2D eigenvalue weighted by atomic mass is 10.0. The number of rotatable bonds is 3. The van der Waals surface area contributed by atoms with Crippen LogP contribution in [0.1, 0.15) is 37.3 Å². The summed E-state index contributed by atoms with van der Waals surface area (Å²) in [6, 6.07) is 7.89. The summed E-state index contributed by atoms with van der Waals surface area (Å²) in [7, 11) is 1.63. The van der Waals surface area contributed by atoms with Crippen molar-refractivity contribution in [3.05, 3.63) is 29.8 Å². The Morgan fingerprint density at radius 1 is 1.32 bits per heavy atom. The first kappa shape index (κ1) is 14.6. The summed E-state index contributed by atoms with van der Waals surface area (Å²) < 4.78 is 5.17. The normalized spacial score (nSPS) is 21.3. The van der Waals surface area contributed by atoms with E-state index in [4.69, 9.17) is 4.74 Å². The van der Waals surface area contributed by atoms with Gasteiger partial charge in [0.05, 0.1) is 13.2 Å². The molecule has 1 N–H and O–H groups in total. The number of amides is 2. The molecule has 2 heterocycles. The molecule has 1 unspecified atom stereocenters. The van der Waals surface area contributed by atoms with Crippen LogP contribution in [0.3, 0.4) is 0 Å². The minimum atomic E-state index is -0.135. The smallest absolute Gasteiger partial charge is 0.270 e. The second-order valence-electron chi connectivity index (χ2n) is 5.52. The quantitative estimate of drug-likeness (QED) is 0.922. The average molecular weight is 301 g/mol.